The number of aliphatic hydroxyl groups excluding tert-OH is 1. The zero-order valence-corrected chi connectivity index (χ0v) is 13.2. The molecule has 1 spiro atoms. The number of ether oxygens (including phenoxy) is 1. The molecule has 5 nitrogen and oxygen atoms in total. The molecule has 1 aromatic rings. The van der Waals surface area contributed by atoms with Crippen molar-refractivity contribution in [3.05, 3.63) is 40.8 Å². The fourth-order valence-electron chi connectivity index (χ4n) is 5.14. The summed E-state index contributed by atoms with van der Waals surface area (Å²) < 4.78 is 6.22. The van der Waals surface area contributed by atoms with Gasteiger partial charge in [-0.2, -0.15) is 4.89 Å². The van der Waals surface area contributed by atoms with Crippen molar-refractivity contribution in [2.75, 3.05) is 20.7 Å². The van der Waals surface area contributed by atoms with E-state index in [1.165, 1.54) is 18.2 Å². The van der Waals surface area contributed by atoms with E-state index in [0.717, 1.165) is 25.1 Å². The maximum Gasteiger partial charge on any atom is 0.207 e. The molecule has 1 fully saturated rings. The molecule has 4 atom stereocenters. The fraction of sp³-hybridized carbons (Fsp3) is 0.500. The molecular weight excluding hydrogens is 294 g/mol. The van der Waals surface area contributed by atoms with Crippen LogP contribution in [0.25, 0.3) is 0 Å². The van der Waals surface area contributed by atoms with Gasteiger partial charge in [0, 0.05) is 17.5 Å². The third kappa shape index (κ3) is 1.45. The van der Waals surface area contributed by atoms with Crippen molar-refractivity contribution in [1.29, 1.82) is 0 Å². The van der Waals surface area contributed by atoms with Crippen LogP contribution in [0.15, 0.2) is 29.7 Å². The van der Waals surface area contributed by atoms with Crippen LogP contribution in [0.4, 0.5) is 0 Å². The summed E-state index contributed by atoms with van der Waals surface area (Å²) in [6.07, 6.45) is 3.61. The highest BCUT2D eigenvalue weighted by Gasteiger charge is 2.63. The lowest BCUT2D eigenvalue weighted by atomic mass is 9.54. The molecule has 0 amide bonds. The second-order valence-electron chi connectivity index (χ2n) is 6.94. The summed E-state index contributed by atoms with van der Waals surface area (Å²) in [7, 11) is 3.67. The van der Waals surface area contributed by atoms with Crippen molar-refractivity contribution < 1.29 is 19.6 Å². The summed E-state index contributed by atoms with van der Waals surface area (Å²) in [5, 5.41) is 10.4. The molecule has 2 aliphatic heterocycles. The van der Waals surface area contributed by atoms with Crippen molar-refractivity contribution in [3.63, 3.8) is 0 Å². The minimum Gasteiger partial charge on any atom is -0.501 e. The molecule has 1 saturated heterocycles. The number of likely N-dealkylation sites (tertiary alicyclic amines) is 1. The maximum absolute atomic E-state index is 10.4. The SMILES string of the molecule is COOc1ccc2c3c1O[C@H]1C(O)=C=C[C@H]4[C@@H](C2)N(C)CC[C@]314. The molecule has 0 unspecified atom stereocenters. The molecule has 2 aliphatic carbocycles. The van der Waals surface area contributed by atoms with Crippen LogP contribution in [0.1, 0.15) is 17.5 Å². The minimum absolute atomic E-state index is 0.192. The molecular formula is C18H19NO4. The second kappa shape index (κ2) is 4.32. The van der Waals surface area contributed by atoms with Crippen LogP contribution in [-0.2, 0) is 16.7 Å². The minimum atomic E-state index is -0.371. The van der Waals surface area contributed by atoms with Gasteiger partial charge in [0.25, 0.3) is 0 Å². The number of aliphatic hydroxyl groups is 1. The quantitative estimate of drug-likeness (QED) is 0.515. The van der Waals surface area contributed by atoms with Gasteiger partial charge in [0.2, 0.25) is 5.75 Å². The van der Waals surface area contributed by atoms with Gasteiger partial charge < -0.3 is 19.6 Å². The van der Waals surface area contributed by atoms with Gasteiger partial charge in [-0.3, -0.25) is 0 Å². The monoisotopic (exact) mass is 313 g/mol. The van der Waals surface area contributed by atoms with E-state index >= 15 is 0 Å². The first kappa shape index (κ1) is 13.5. The zero-order valence-electron chi connectivity index (χ0n) is 13.2. The van der Waals surface area contributed by atoms with E-state index < -0.39 is 0 Å². The normalized spacial score (nSPS) is 36.3. The van der Waals surface area contributed by atoms with Crippen LogP contribution in [0.2, 0.25) is 0 Å². The highest BCUT2D eigenvalue weighted by molar-refractivity contribution is 5.62. The van der Waals surface area contributed by atoms with Gasteiger partial charge in [0.15, 0.2) is 17.6 Å². The van der Waals surface area contributed by atoms with E-state index in [0.29, 0.717) is 17.7 Å². The lowest BCUT2D eigenvalue weighted by Gasteiger charge is -2.54. The Balaban J connectivity index is 1.80. The lowest BCUT2D eigenvalue weighted by molar-refractivity contribution is -0.179. The third-order valence-electron chi connectivity index (χ3n) is 6.09. The van der Waals surface area contributed by atoms with Gasteiger partial charge in [0.05, 0.1) is 12.5 Å². The fourth-order valence-corrected chi connectivity index (χ4v) is 5.14. The Hall–Kier alpha value is -1.94. The molecule has 0 radical (unpaired) electrons. The summed E-state index contributed by atoms with van der Waals surface area (Å²) in [4.78, 5) is 12.6. The molecule has 120 valence electrons. The van der Waals surface area contributed by atoms with Crippen molar-refractivity contribution in [1.82, 2.24) is 4.90 Å². The Labute approximate surface area is 134 Å². The molecule has 5 heteroatoms. The van der Waals surface area contributed by atoms with E-state index in [2.05, 4.69) is 29.8 Å². The highest BCUT2D eigenvalue weighted by atomic mass is 17.2. The summed E-state index contributed by atoms with van der Waals surface area (Å²) in [5.74, 6) is 1.80. The number of piperidine rings is 1. The number of hydrogen-bond acceptors (Lipinski definition) is 5. The Kier molecular flexibility index (Phi) is 2.54. The van der Waals surface area contributed by atoms with Gasteiger partial charge in [-0.15, -0.1) is 0 Å². The molecule has 1 N–H and O–H groups in total. The van der Waals surface area contributed by atoms with Crippen LogP contribution in [0.5, 0.6) is 11.5 Å². The first-order valence-corrected chi connectivity index (χ1v) is 8.06. The standard InChI is InChI=1S/C18H19NO4/c1-19-8-7-18-11-4-5-13(20)17(18)22-16-14(23-21-2)6-3-10(15(16)18)9-12(11)19/h3-4,6,11-12,17,20H,7-9H2,1-2H3/t11-,12+,17-,18-/m0/s1. The topological polar surface area (TPSA) is 51.2 Å². The second-order valence-corrected chi connectivity index (χ2v) is 6.94. The Bertz CT molecular complexity index is 767. The predicted molar refractivity (Wildman–Crippen MR) is 82.6 cm³/mol. The molecule has 0 aromatic heterocycles. The molecule has 2 heterocycles. The third-order valence-corrected chi connectivity index (χ3v) is 6.09. The lowest BCUT2D eigenvalue weighted by Crippen LogP contribution is -2.62. The van der Waals surface area contributed by atoms with Crippen LogP contribution in [-0.4, -0.2) is 42.9 Å². The Morgan fingerprint density at radius 1 is 1.43 bits per heavy atom. The van der Waals surface area contributed by atoms with E-state index in [1.54, 1.807) is 0 Å². The Morgan fingerprint density at radius 2 is 2.30 bits per heavy atom. The van der Waals surface area contributed by atoms with Crippen molar-refractivity contribution >= 4 is 0 Å². The van der Waals surface area contributed by atoms with Crippen molar-refractivity contribution in [2.24, 2.45) is 5.92 Å². The molecule has 1 aromatic carbocycles. The molecule has 5 rings (SSSR count). The van der Waals surface area contributed by atoms with Gasteiger partial charge in [-0.05, 0) is 44.1 Å². The zero-order chi connectivity index (χ0) is 15.8. The Morgan fingerprint density at radius 3 is 3.13 bits per heavy atom. The van der Waals surface area contributed by atoms with Crippen LogP contribution in [0, 0.1) is 5.92 Å². The van der Waals surface area contributed by atoms with Gasteiger partial charge in [-0.25, -0.2) is 0 Å². The van der Waals surface area contributed by atoms with E-state index in [1.807, 2.05) is 6.07 Å². The van der Waals surface area contributed by atoms with Gasteiger partial charge >= 0.3 is 0 Å². The molecule has 4 aliphatic rings. The highest BCUT2D eigenvalue weighted by Crippen LogP contribution is 2.62. The average molecular weight is 313 g/mol. The predicted octanol–water partition coefficient (Wildman–Crippen LogP) is 2.11. The summed E-state index contributed by atoms with van der Waals surface area (Å²) in [6, 6.07) is 4.43. The van der Waals surface area contributed by atoms with Crippen molar-refractivity contribution in [3.8, 4) is 11.5 Å². The van der Waals surface area contributed by atoms with Crippen molar-refractivity contribution in [2.45, 2.75) is 30.4 Å². The molecule has 0 saturated carbocycles. The first-order chi connectivity index (χ1) is 11.2. The number of likely N-dealkylation sites (N-methyl/N-ethyl adjacent to an activating group) is 1. The number of benzene rings is 1. The average Bonchev–Trinajstić information content (AvgIpc) is 2.90. The summed E-state index contributed by atoms with van der Waals surface area (Å²) in [6.45, 7) is 0.996. The largest absolute Gasteiger partial charge is 0.501 e. The maximum atomic E-state index is 10.4. The van der Waals surface area contributed by atoms with Gasteiger partial charge in [0.1, 0.15) is 0 Å². The number of nitrogens with zero attached hydrogens (tertiary/aromatic N) is 1. The van der Waals surface area contributed by atoms with Crippen LogP contribution >= 0.6 is 0 Å². The molecule has 2 bridgehead atoms. The number of hydrogen-bond donors (Lipinski definition) is 1. The van der Waals surface area contributed by atoms with E-state index in [9.17, 15) is 5.11 Å². The van der Waals surface area contributed by atoms with E-state index in [4.69, 9.17) is 14.5 Å². The van der Waals surface area contributed by atoms with Crippen LogP contribution in [0.3, 0.4) is 0 Å². The first-order valence-electron chi connectivity index (χ1n) is 8.06. The van der Waals surface area contributed by atoms with E-state index in [-0.39, 0.29) is 17.3 Å². The number of rotatable bonds is 2. The smallest absolute Gasteiger partial charge is 0.207 e. The van der Waals surface area contributed by atoms with Crippen LogP contribution < -0.4 is 9.62 Å². The summed E-state index contributed by atoms with van der Waals surface area (Å²) >= 11 is 0. The molecule has 23 heavy (non-hydrogen) atoms. The summed E-state index contributed by atoms with van der Waals surface area (Å²) in [5.41, 5.74) is 5.33. The van der Waals surface area contributed by atoms with Gasteiger partial charge in [-0.1, -0.05) is 11.8 Å².